The van der Waals surface area contributed by atoms with Crippen molar-refractivity contribution in [3.05, 3.63) is 28.8 Å². The van der Waals surface area contributed by atoms with Crippen LogP contribution in [0, 0.1) is 0 Å². The lowest BCUT2D eigenvalue weighted by Gasteiger charge is -2.26. The molecule has 19 heavy (non-hydrogen) atoms. The Kier molecular flexibility index (Phi) is 5.99. The van der Waals surface area contributed by atoms with Gasteiger partial charge < -0.3 is 9.29 Å². The molecule has 3 nitrogen and oxygen atoms in total. The lowest BCUT2D eigenvalue weighted by atomic mass is 10.1. The molecule has 0 bridgehead atoms. The van der Waals surface area contributed by atoms with Gasteiger partial charge in [0.2, 0.25) is 0 Å². The smallest absolute Gasteiger partial charge is 0.136 e. The molecule has 1 rings (SSSR count). The van der Waals surface area contributed by atoms with Crippen molar-refractivity contribution < 1.29 is 9.29 Å². The Hall–Kier alpha value is -0.420. The van der Waals surface area contributed by atoms with Crippen molar-refractivity contribution >= 4 is 23.0 Å². The molecule has 0 heterocycles. The molecular formula is C14H22ClNO2S. The fourth-order valence-electron chi connectivity index (χ4n) is 1.62. The van der Waals surface area contributed by atoms with Crippen LogP contribution >= 0.6 is 11.6 Å². The molecule has 2 atom stereocenters. The van der Waals surface area contributed by atoms with E-state index in [4.69, 9.17) is 16.3 Å². The summed E-state index contributed by atoms with van der Waals surface area (Å²) in [6.45, 7) is 7.86. The maximum absolute atomic E-state index is 12.0. The van der Waals surface area contributed by atoms with Crippen LogP contribution < -0.4 is 9.46 Å². The minimum Gasteiger partial charge on any atom is -0.598 e. The van der Waals surface area contributed by atoms with E-state index in [0.717, 1.165) is 17.7 Å². The maximum atomic E-state index is 12.0. The summed E-state index contributed by atoms with van der Waals surface area (Å²) in [6, 6.07) is 5.67. The summed E-state index contributed by atoms with van der Waals surface area (Å²) in [5.41, 5.74) is 1.05. The minimum atomic E-state index is -1.07. The van der Waals surface area contributed by atoms with E-state index >= 15 is 0 Å². The Morgan fingerprint density at radius 3 is 2.58 bits per heavy atom. The van der Waals surface area contributed by atoms with Crippen LogP contribution in [0.15, 0.2) is 18.2 Å². The molecule has 0 fully saturated rings. The third-order valence-electron chi connectivity index (χ3n) is 2.64. The summed E-state index contributed by atoms with van der Waals surface area (Å²) in [6.07, 6.45) is 0.738. The van der Waals surface area contributed by atoms with Crippen LogP contribution in [-0.2, 0) is 17.8 Å². The van der Waals surface area contributed by atoms with Gasteiger partial charge in [0, 0.05) is 16.4 Å². The van der Waals surface area contributed by atoms with Crippen molar-refractivity contribution in [2.24, 2.45) is 0 Å². The van der Waals surface area contributed by atoms with Gasteiger partial charge in [0.05, 0.1) is 13.2 Å². The van der Waals surface area contributed by atoms with E-state index in [9.17, 15) is 4.55 Å². The van der Waals surface area contributed by atoms with Crippen molar-refractivity contribution in [1.82, 2.24) is 4.72 Å². The van der Waals surface area contributed by atoms with Gasteiger partial charge in [-0.2, -0.15) is 0 Å². The molecule has 5 heteroatoms. The van der Waals surface area contributed by atoms with Gasteiger partial charge in [0.25, 0.3) is 0 Å². The predicted octanol–water partition coefficient (Wildman–Crippen LogP) is 3.33. The number of methoxy groups -OCH3 is 1. The van der Waals surface area contributed by atoms with E-state index in [-0.39, 0.29) is 10.8 Å². The number of halogens is 1. The Bertz CT molecular complexity index is 420. The fraction of sp³-hybridized carbons (Fsp3) is 0.571. The quantitative estimate of drug-likeness (QED) is 0.849. The molecule has 1 aromatic carbocycles. The van der Waals surface area contributed by atoms with Crippen LogP contribution in [0.25, 0.3) is 0 Å². The van der Waals surface area contributed by atoms with Gasteiger partial charge in [-0.3, -0.25) is 0 Å². The monoisotopic (exact) mass is 303 g/mol. The van der Waals surface area contributed by atoms with Crippen molar-refractivity contribution in [2.45, 2.75) is 44.9 Å². The highest BCUT2D eigenvalue weighted by Crippen LogP contribution is 2.24. The molecule has 0 radical (unpaired) electrons. The first-order valence-electron chi connectivity index (χ1n) is 6.24. The van der Waals surface area contributed by atoms with Crippen LogP contribution in [0.3, 0.4) is 0 Å². The Morgan fingerprint density at radius 1 is 1.42 bits per heavy atom. The molecule has 0 aliphatic heterocycles. The highest BCUT2D eigenvalue weighted by atomic mass is 35.5. The zero-order valence-electron chi connectivity index (χ0n) is 12.1. The number of nitrogens with one attached hydrogen (secondary N) is 1. The molecule has 1 N–H and O–H groups in total. The van der Waals surface area contributed by atoms with Gasteiger partial charge in [-0.25, -0.2) is 0 Å². The second-order valence-corrected chi connectivity index (χ2v) is 7.99. The normalized spacial score (nSPS) is 15.1. The van der Waals surface area contributed by atoms with Gasteiger partial charge in [0.1, 0.15) is 10.5 Å². The highest BCUT2D eigenvalue weighted by Gasteiger charge is 2.28. The summed E-state index contributed by atoms with van der Waals surface area (Å²) < 4.78 is 20.2. The van der Waals surface area contributed by atoms with Crippen LogP contribution in [-0.4, -0.2) is 22.5 Å². The zero-order valence-corrected chi connectivity index (χ0v) is 13.7. The van der Waals surface area contributed by atoms with Gasteiger partial charge in [-0.1, -0.05) is 17.7 Å². The first-order valence-corrected chi connectivity index (χ1v) is 7.77. The van der Waals surface area contributed by atoms with Crippen molar-refractivity contribution in [3.63, 3.8) is 0 Å². The number of rotatable bonds is 5. The molecule has 0 aliphatic rings. The Labute approximate surface area is 124 Å². The number of ether oxygens (including phenoxy) is 1. The lowest BCUT2D eigenvalue weighted by Crippen LogP contribution is -2.44. The Balaban J connectivity index is 2.69. The summed E-state index contributed by atoms with van der Waals surface area (Å²) in [7, 11) is 1.63. The molecule has 1 aromatic rings. The van der Waals surface area contributed by atoms with Crippen LogP contribution in [0.2, 0.25) is 5.02 Å². The molecular weight excluding hydrogens is 282 g/mol. The highest BCUT2D eigenvalue weighted by molar-refractivity contribution is 7.90. The van der Waals surface area contributed by atoms with Gasteiger partial charge >= 0.3 is 0 Å². The van der Waals surface area contributed by atoms with E-state index in [2.05, 4.69) is 4.72 Å². The van der Waals surface area contributed by atoms with Gasteiger partial charge in [-0.15, -0.1) is 4.72 Å². The van der Waals surface area contributed by atoms with Crippen molar-refractivity contribution in [1.29, 1.82) is 0 Å². The van der Waals surface area contributed by atoms with Crippen molar-refractivity contribution in [3.8, 4) is 5.75 Å². The lowest BCUT2D eigenvalue weighted by molar-refractivity contribution is 0.407. The maximum Gasteiger partial charge on any atom is 0.136 e. The molecule has 0 saturated heterocycles. The molecule has 0 aromatic heterocycles. The van der Waals surface area contributed by atoms with Crippen LogP contribution in [0.1, 0.15) is 33.3 Å². The minimum absolute atomic E-state index is 0.0927. The predicted molar refractivity (Wildman–Crippen MR) is 82.2 cm³/mol. The molecule has 0 amide bonds. The summed E-state index contributed by atoms with van der Waals surface area (Å²) in [4.78, 5) is 0. The van der Waals surface area contributed by atoms with E-state index in [1.165, 1.54) is 0 Å². The number of benzene rings is 1. The average Bonchev–Trinajstić information content (AvgIpc) is 2.30. The zero-order chi connectivity index (χ0) is 14.6. The molecule has 0 saturated carbocycles. The largest absolute Gasteiger partial charge is 0.598 e. The van der Waals surface area contributed by atoms with Gasteiger partial charge in [-0.05, 0) is 51.8 Å². The van der Waals surface area contributed by atoms with Crippen molar-refractivity contribution in [2.75, 3.05) is 7.11 Å². The second kappa shape index (κ2) is 6.84. The summed E-state index contributed by atoms with van der Waals surface area (Å²) >= 11 is 4.86. The number of hydrogen-bond acceptors (Lipinski definition) is 3. The third kappa shape index (κ3) is 5.22. The molecule has 0 spiro atoms. The third-order valence-corrected chi connectivity index (χ3v) is 4.60. The Morgan fingerprint density at radius 2 is 2.05 bits per heavy atom. The second-order valence-electron chi connectivity index (χ2n) is 5.56. The first kappa shape index (κ1) is 16.6. The first-order chi connectivity index (χ1) is 8.74. The van der Waals surface area contributed by atoms with E-state index in [0.29, 0.717) is 5.02 Å². The van der Waals surface area contributed by atoms with E-state index in [1.54, 1.807) is 13.2 Å². The molecule has 1 unspecified atom stereocenters. The fourth-order valence-corrected chi connectivity index (χ4v) is 2.58. The molecule has 0 aliphatic carbocycles. The van der Waals surface area contributed by atoms with Gasteiger partial charge in [0.15, 0.2) is 0 Å². The topological polar surface area (TPSA) is 44.3 Å². The van der Waals surface area contributed by atoms with E-state index < -0.39 is 11.4 Å². The average molecular weight is 304 g/mol. The van der Waals surface area contributed by atoms with Crippen LogP contribution in [0.4, 0.5) is 0 Å². The SMILES string of the molecule is COc1cc(Cl)ccc1C[C@@H](C)N[S+]([O-])C(C)(C)C. The molecule has 108 valence electrons. The standard InChI is InChI=1S/C14H22ClNO2S/c1-10(16-19(17)14(2,3)4)8-11-6-7-12(15)9-13(11)18-5/h6-7,9-10,16H,8H2,1-5H3/t10-,19?/m1/s1. The number of hydrogen-bond donors (Lipinski definition) is 1. The van der Waals surface area contributed by atoms with E-state index in [1.807, 2.05) is 39.8 Å². The summed E-state index contributed by atoms with van der Waals surface area (Å²) in [5, 5.41) is 0.652. The van der Waals surface area contributed by atoms with Crippen LogP contribution in [0.5, 0.6) is 5.75 Å². The summed E-state index contributed by atoms with van der Waals surface area (Å²) in [5.74, 6) is 0.766.